The summed E-state index contributed by atoms with van der Waals surface area (Å²) in [6, 6.07) is 4.47. The van der Waals surface area contributed by atoms with E-state index in [1.54, 1.807) is 13.0 Å². The molecule has 0 saturated carbocycles. The Morgan fingerprint density at radius 3 is 2.78 bits per heavy atom. The number of hydrogen-bond donors (Lipinski definition) is 1. The molecule has 0 fully saturated rings. The summed E-state index contributed by atoms with van der Waals surface area (Å²) in [7, 11) is -3.89. The first-order chi connectivity index (χ1) is 13.0. The molecule has 0 saturated heterocycles. The average Bonchev–Trinajstić information content (AvgIpc) is 3.21. The van der Waals surface area contributed by atoms with E-state index in [0.29, 0.717) is 35.3 Å². The molecule has 0 amide bonds. The zero-order chi connectivity index (χ0) is 19.0. The largest absolute Gasteiger partial charge is 0.486 e. The van der Waals surface area contributed by atoms with Gasteiger partial charge in [-0.05, 0) is 43.9 Å². The average molecular weight is 409 g/mol. The van der Waals surface area contributed by atoms with Gasteiger partial charge in [-0.25, -0.2) is 13.2 Å². The van der Waals surface area contributed by atoms with E-state index in [-0.39, 0.29) is 11.5 Å². The topological polar surface area (TPSA) is 90.9 Å². The van der Waals surface area contributed by atoms with E-state index in [2.05, 4.69) is 4.72 Å². The van der Waals surface area contributed by atoms with Crippen molar-refractivity contribution in [2.24, 2.45) is 0 Å². The Balaban J connectivity index is 1.68. The molecule has 144 valence electrons. The lowest BCUT2D eigenvalue weighted by Crippen LogP contribution is -2.18. The van der Waals surface area contributed by atoms with E-state index in [1.807, 2.05) is 0 Å². The third kappa shape index (κ3) is 3.37. The zero-order valence-electron chi connectivity index (χ0n) is 14.7. The summed E-state index contributed by atoms with van der Waals surface area (Å²) < 4.78 is 44.4. The number of benzene rings is 1. The predicted octanol–water partition coefficient (Wildman–Crippen LogP) is 2.99. The second-order valence-electron chi connectivity index (χ2n) is 6.19. The van der Waals surface area contributed by atoms with Gasteiger partial charge < -0.3 is 14.2 Å². The van der Waals surface area contributed by atoms with Gasteiger partial charge in [-0.2, -0.15) is 0 Å². The Hall–Kier alpha value is -2.26. The highest BCUT2D eigenvalue weighted by atomic mass is 32.2. The second kappa shape index (κ2) is 7.05. The monoisotopic (exact) mass is 409 g/mol. The van der Waals surface area contributed by atoms with Crippen LogP contribution in [0.3, 0.4) is 0 Å². The van der Waals surface area contributed by atoms with Crippen LogP contribution in [0.15, 0.2) is 23.1 Å². The van der Waals surface area contributed by atoms with Gasteiger partial charge in [0.2, 0.25) is 0 Å². The Morgan fingerprint density at radius 1 is 1.22 bits per heavy atom. The highest BCUT2D eigenvalue weighted by Crippen LogP contribution is 2.41. The first kappa shape index (κ1) is 18.1. The Labute approximate surface area is 161 Å². The zero-order valence-corrected chi connectivity index (χ0v) is 16.4. The summed E-state index contributed by atoms with van der Waals surface area (Å²) in [4.78, 5) is 13.5. The van der Waals surface area contributed by atoms with Gasteiger partial charge in [0.05, 0.1) is 17.1 Å². The highest BCUT2D eigenvalue weighted by molar-refractivity contribution is 7.93. The van der Waals surface area contributed by atoms with E-state index < -0.39 is 16.0 Å². The molecule has 9 heteroatoms. The van der Waals surface area contributed by atoms with Crippen LogP contribution in [0.4, 0.5) is 5.00 Å². The normalized spacial score (nSPS) is 15.3. The number of esters is 1. The molecule has 1 aromatic heterocycles. The summed E-state index contributed by atoms with van der Waals surface area (Å²) in [6.07, 6.45) is 2.56. The fourth-order valence-electron chi connectivity index (χ4n) is 3.27. The van der Waals surface area contributed by atoms with Gasteiger partial charge >= 0.3 is 5.97 Å². The maximum Gasteiger partial charge on any atom is 0.341 e. The van der Waals surface area contributed by atoms with Gasteiger partial charge in [0.25, 0.3) is 10.0 Å². The second-order valence-corrected chi connectivity index (χ2v) is 8.98. The number of nitrogens with one attached hydrogen (secondary N) is 1. The van der Waals surface area contributed by atoms with Crippen molar-refractivity contribution in [3.8, 4) is 11.5 Å². The summed E-state index contributed by atoms with van der Waals surface area (Å²) >= 11 is 1.31. The number of aryl methyl sites for hydroxylation is 1. The van der Waals surface area contributed by atoms with Crippen LogP contribution in [0.25, 0.3) is 0 Å². The number of carbonyl (C=O) groups is 1. The molecular formula is C18H19NO6S2. The van der Waals surface area contributed by atoms with Crippen molar-refractivity contribution in [2.75, 3.05) is 24.5 Å². The van der Waals surface area contributed by atoms with E-state index in [9.17, 15) is 13.2 Å². The van der Waals surface area contributed by atoms with Gasteiger partial charge in [0.1, 0.15) is 18.2 Å². The molecule has 0 bridgehead atoms. The molecule has 2 heterocycles. The van der Waals surface area contributed by atoms with E-state index >= 15 is 0 Å². The minimum atomic E-state index is -3.89. The lowest BCUT2D eigenvalue weighted by Gasteiger charge is -2.19. The Bertz CT molecular complexity index is 996. The summed E-state index contributed by atoms with van der Waals surface area (Å²) in [5, 5.41) is 0.313. The fourth-order valence-corrected chi connectivity index (χ4v) is 5.87. The predicted molar refractivity (Wildman–Crippen MR) is 101 cm³/mol. The third-order valence-electron chi connectivity index (χ3n) is 4.45. The standard InChI is InChI=1S/C18H19NO6S2/c1-2-23-18(20)16-12-4-3-5-15(12)26-17(16)19-27(21,22)11-6-7-13-14(10-11)25-9-8-24-13/h6-7,10,19H,2-5,8-9H2,1H3. The number of hydrogen-bond acceptors (Lipinski definition) is 7. The van der Waals surface area contributed by atoms with Crippen LogP contribution in [0.1, 0.15) is 34.1 Å². The number of ether oxygens (including phenoxy) is 3. The molecular weight excluding hydrogens is 390 g/mol. The smallest absolute Gasteiger partial charge is 0.341 e. The first-order valence-corrected chi connectivity index (χ1v) is 11.0. The van der Waals surface area contributed by atoms with Crippen LogP contribution >= 0.6 is 11.3 Å². The molecule has 2 aromatic rings. The first-order valence-electron chi connectivity index (χ1n) is 8.73. The molecule has 0 unspecified atom stereocenters. The Morgan fingerprint density at radius 2 is 2.00 bits per heavy atom. The maximum atomic E-state index is 12.9. The fraction of sp³-hybridized carbons (Fsp3) is 0.389. The van der Waals surface area contributed by atoms with Crippen LogP contribution in [-0.4, -0.2) is 34.2 Å². The number of fused-ring (bicyclic) bond motifs is 2. The quantitative estimate of drug-likeness (QED) is 0.764. The lowest BCUT2D eigenvalue weighted by molar-refractivity contribution is 0.0527. The summed E-state index contributed by atoms with van der Waals surface area (Å²) in [5.74, 6) is 0.419. The van der Waals surface area contributed by atoms with Crippen LogP contribution in [0, 0.1) is 0 Å². The molecule has 7 nitrogen and oxygen atoms in total. The van der Waals surface area contributed by atoms with Crippen molar-refractivity contribution < 1.29 is 27.4 Å². The number of carbonyl (C=O) groups excluding carboxylic acids is 1. The van der Waals surface area contributed by atoms with Crippen LogP contribution in [0.2, 0.25) is 0 Å². The minimum absolute atomic E-state index is 0.0510. The summed E-state index contributed by atoms with van der Waals surface area (Å²) in [5.41, 5.74) is 1.24. The molecule has 4 rings (SSSR count). The van der Waals surface area contributed by atoms with Gasteiger partial charge in [0.15, 0.2) is 11.5 Å². The minimum Gasteiger partial charge on any atom is -0.486 e. The number of sulfonamides is 1. The molecule has 0 radical (unpaired) electrons. The molecule has 0 spiro atoms. The van der Waals surface area contributed by atoms with Crippen molar-refractivity contribution in [3.05, 3.63) is 34.2 Å². The van der Waals surface area contributed by atoms with Crippen molar-refractivity contribution in [3.63, 3.8) is 0 Å². The van der Waals surface area contributed by atoms with Crippen molar-refractivity contribution in [2.45, 2.75) is 31.1 Å². The SMILES string of the molecule is CCOC(=O)c1c(NS(=O)(=O)c2ccc3c(c2)OCCO3)sc2c1CCC2. The van der Waals surface area contributed by atoms with Gasteiger partial charge in [-0.3, -0.25) is 4.72 Å². The lowest BCUT2D eigenvalue weighted by atomic mass is 10.1. The third-order valence-corrected chi connectivity index (χ3v) is 7.14. The number of anilines is 1. The van der Waals surface area contributed by atoms with Crippen molar-refractivity contribution >= 4 is 32.3 Å². The Kier molecular flexibility index (Phi) is 4.73. The van der Waals surface area contributed by atoms with Crippen LogP contribution in [0.5, 0.6) is 11.5 Å². The van der Waals surface area contributed by atoms with E-state index in [4.69, 9.17) is 14.2 Å². The molecule has 2 aliphatic rings. The van der Waals surface area contributed by atoms with Crippen molar-refractivity contribution in [1.29, 1.82) is 0 Å². The summed E-state index contributed by atoms with van der Waals surface area (Å²) in [6.45, 7) is 2.76. The molecule has 27 heavy (non-hydrogen) atoms. The molecule has 1 N–H and O–H groups in total. The highest BCUT2D eigenvalue weighted by Gasteiger charge is 2.30. The van der Waals surface area contributed by atoms with E-state index in [1.165, 1.54) is 23.5 Å². The van der Waals surface area contributed by atoms with Crippen molar-refractivity contribution in [1.82, 2.24) is 0 Å². The van der Waals surface area contributed by atoms with Crippen LogP contribution in [-0.2, 0) is 27.6 Å². The van der Waals surface area contributed by atoms with E-state index in [0.717, 1.165) is 29.7 Å². The van der Waals surface area contributed by atoms with Gasteiger partial charge in [-0.1, -0.05) is 0 Å². The maximum absolute atomic E-state index is 12.9. The van der Waals surface area contributed by atoms with Crippen LogP contribution < -0.4 is 14.2 Å². The van der Waals surface area contributed by atoms with Gasteiger partial charge in [0, 0.05) is 10.9 Å². The molecule has 1 aliphatic carbocycles. The molecule has 1 aromatic carbocycles. The van der Waals surface area contributed by atoms with Gasteiger partial charge in [-0.15, -0.1) is 11.3 Å². The number of rotatable bonds is 5. The molecule has 1 aliphatic heterocycles. The molecule has 0 atom stereocenters. The number of thiophene rings is 1.